The number of rotatable bonds is 7. The summed E-state index contributed by atoms with van der Waals surface area (Å²) in [6.45, 7) is 1.57. The fraction of sp³-hybridized carbons (Fsp3) is 0.138. The minimum Gasteiger partial charge on any atom is -0.497 e. The molecule has 0 saturated heterocycles. The van der Waals surface area contributed by atoms with Crippen LogP contribution >= 0.6 is 11.3 Å². The van der Waals surface area contributed by atoms with Crippen LogP contribution in [0.4, 0.5) is 23.2 Å². The van der Waals surface area contributed by atoms with E-state index in [1.54, 1.807) is 48.5 Å². The second-order valence-corrected chi connectivity index (χ2v) is 9.82. The van der Waals surface area contributed by atoms with Gasteiger partial charge in [-0.25, -0.2) is 4.39 Å². The first-order chi connectivity index (χ1) is 18.6. The van der Waals surface area contributed by atoms with Gasteiger partial charge >= 0.3 is 6.36 Å². The van der Waals surface area contributed by atoms with E-state index >= 15 is 0 Å². The molecule has 0 aliphatic carbocycles. The summed E-state index contributed by atoms with van der Waals surface area (Å²) in [5.74, 6) is -0.740. The molecule has 10 heteroatoms. The van der Waals surface area contributed by atoms with Crippen molar-refractivity contribution in [1.82, 2.24) is 0 Å². The number of hydrogen-bond donors (Lipinski definition) is 0. The maximum absolute atomic E-state index is 14.9. The summed E-state index contributed by atoms with van der Waals surface area (Å²) >= 11 is 1.34. The molecule has 0 bridgehead atoms. The van der Waals surface area contributed by atoms with Gasteiger partial charge in [0.05, 0.1) is 19.3 Å². The molecule has 200 valence electrons. The maximum Gasteiger partial charge on any atom is 0.573 e. The zero-order chi connectivity index (χ0) is 27.7. The summed E-state index contributed by atoms with van der Waals surface area (Å²) in [4.78, 5) is 16.4. The predicted octanol–water partition coefficient (Wildman–Crippen LogP) is 8.36. The van der Waals surface area contributed by atoms with E-state index in [0.29, 0.717) is 27.8 Å². The van der Waals surface area contributed by atoms with E-state index in [2.05, 4.69) is 4.74 Å². The Bertz CT molecular complexity index is 1660. The van der Waals surface area contributed by atoms with Gasteiger partial charge in [0, 0.05) is 15.1 Å². The van der Waals surface area contributed by atoms with Crippen molar-refractivity contribution in [2.45, 2.75) is 19.8 Å². The Morgan fingerprint density at radius 2 is 1.79 bits per heavy atom. The number of carbonyl (C=O) groups excluding carboxylic acids is 1. The van der Waals surface area contributed by atoms with E-state index in [9.17, 15) is 22.4 Å². The molecule has 0 fully saturated rings. The van der Waals surface area contributed by atoms with Crippen molar-refractivity contribution in [2.24, 2.45) is 0 Å². The molecule has 5 nitrogen and oxygen atoms in total. The van der Waals surface area contributed by atoms with Gasteiger partial charge in [-0.05, 0) is 84.8 Å². The van der Waals surface area contributed by atoms with Crippen molar-refractivity contribution in [1.29, 1.82) is 0 Å². The summed E-state index contributed by atoms with van der Waals surface area (Å²) in [5.41, 5.74) is 1.58. The highest BCUT2D eigenvalue weighted by atomic mass is 32.1. The van der Waals surface area contributed by atoms with Crippen LogP contribution in [0.5, 0.6) is 11.5 Å². The highest BCUT2D eigenvalue weighted by Gasteiger charge is 2.32. The SMILES string of the molecule is COc1ccc2oc(C(=O)N(Cc3ccc(-c4ccc(OC(F)(F)F)c(C)c4)s3)c3ccccc3F)cc2c1. The Morgan fingerprint density at radius 1 is 1.00 bits per heavy atom. The number of amides is 1. The van der Waals surface area contributed by atoms with Crippen LogP contribution in [0.1, 0.15) is 21.0 Å². The quantitative estimate of drug-likeness (QED) is 0.189. The molecule has 0 N–H and O–H groups in total. The molecule has 0 aliphatic heterocycles. The van der Waals surface area contributed by atoms with E-state index in [4.69, 9.17) is 9.15 Å². The molecule has 0 spiro atoms. The van der Waals surface area contributed by atoms with E-state index in [1.807, 2.05) is 0 Å². The fourth-order valence-corrected chi connectivity index (χ4v) is 5.13. The van der Waals surface area contributed by atoms with E-state index < -0.39 is 18.1 Å². The third-order valence-corrected chi connectivity index (χ3v) is 7.10. The lowest BCUT2D eigenvalue weighted by atomic mass is 10.1. The number of benzene rings is 3. The highest BCUT2D eigenvalue weighted by molar-refractivity contribution is 7.15. The van der Waals surface area contributed by atoms with Gasteiger partial charge in [-0.2, -0.15) is 0 Å². The second-order valence-electron chi connectivity index (χ2n) is 8.65. The fourth-order valence-electron chi connectivity index (χ4n) is 4.14. The minimum absolute atomic E-state index is 0.0363. The molecule has 0 saturated carbocycles. The number of halogens is 4. The van der Waals surface area contributed by atoms with Crippen LogP contribution in [-0.4, -0.2) is 19.4 Å². The maximum atomic E-state index is 14.9. The number of aryl methyl sites for hydroxylation is 1. The van der Waals surface area contributed by atoms with Gasteiger partial charge in [-0.3, -0.25) is 9.69 Å². The van der Waals surface area contributed by atoms with Crippen molar-refractivity contribution < 1.29 is 36.2 Å². The van der Waals surface area contributed by atoms with Crippen molar-refractivity contribution >= 4 is 33.9 Å². The highest BCUT2D eigenvalue weighted by Crippen LogP contribution is 2.35. The number of methoxy groups -OCH3 is 1. The van der Waals surface area contributed by atoms with Crippen LogP contribution in [-0.2, 0) is 6.54 Å². The lowest BCUT2D eigenvalue weighted by molar-refractivity contribution is -0.274. The summed E-state index contributed by atoms with van der Waals surface area (Å²) in [6.07, 6.45) is -4.78. The zero-order valence-corrected chi connectivity index (χ0v) is 21.5. The van der Waals surface area contributed by atoms with Crippen LogP contribution in [0.15, 0.2) is 83.3 Å². The van der Waals surface area contributed by atoms with Crippen molar-refractivity contribution in [2.75, 3.05) is 12.0 Å². The Labute approximate surface area is 224 Å². The first-order valence-corrected chi connectivity index (χ1v) is 12.5. The number of thiophene rings is 1. The van der Waals surface area contributed by atoms with Crippen molar-refractivity contribution in [3.63, 3.8) is 0 Å². The van der Waals surface area contributed by atoms with Crippen molar-refractivity contribution in [3.05, 3.63) is 101 Å². The summed E-state index contributed by atoms with van der Waals surface area (Å²) < 4.78 is 67.8. The number of anilines is 1. The number of fused-ring (bicyclic) bond motifs is 1. The summed E-state index contributed by atoms with van der Waals surface area (Å²) in [7, 11) is 1.54. The molecular weight excluding hydrogens is 534 g/mol. The third kappa shape index (κ3) is 5.75. The van der Waals surface area contributed by atoms with E-state index in [1.165, 1.54) is 60.6 Å². The zero-order valence-electron chi connectivity index (χ0n) is 20.7. The lowest BCUT2D eigenvalue weighted by Gasteiger charge is -2.21. The van der Waals surface area contributed by atoms with Crippen LogP contribution in [0.25, 0.3) is 21.4 Å². The third-order valence-electron chi connectivity index (χ3n) is 5.98. The first kappa shape index (κ1) is 26.3. The largest absolute Gasteiger partial charge is 0.573 e. The number of alkyl halides is 3. The number of ether oxygens (including phenoxy) is 2. The molecule has 5 rings (SSSR count). The molecule has 0 radical (unpaired) electrons. The van der Waals surface area contributed by atoms with Crippen LogP contribution in [0.2, 0.25) is 0 Å². The number of para-hydroxylation sites is 1. The minimum atomic E-state index is -4.78. The number of furan rings is 1. The molecule has 0 aliphatic rings. The van der Waals surface area contributed by atoms with Gasteiger partial charge in [0.25, 0.3) is 5.91 Å². The van der Waals surface area contributed by atoms with Gasteiger partial charge in [-0.15, -0.1) is 24.5 Å². The average Bonchev–Trinajstić information content (AvgIpc) is 3.54. The van der Waals surface area contributed by atoms with Gasteiger partial charge in [0.1, 0.15) is 22.9 Å². The van der Waals surface area contributed by atoms with Crippen LogP contribution in [0.3, 0.4) is 0 Å². The number of carbonyl (C=O) groups is 1. The molecule has 1 amide bonds. The lowest BCUT2D eigenvalue weighted by Crippen LogP contribution is -2.30. The van der Waals surface area contributed by atoms with Crippen LogP contribution in [0, 0.1) is 12.7 Å². The Kier molecular flexibility index (Phi) is 7.05. The molecular formula is C29H21F4NO4S. The molecule has 39 heavy (non-hydrogen) atoms. The summed E-state index contributed by atoms with van der Waals surface area (Å²) in [6, 6.07) is 20.7. The molecule has 0 unspecified atom stereocenters. The summed E-state index contributed by atoms with van der Waals surface area (Å²) in [5, 5.41) is 0.665. The first-order valence-electron chi connectivity index (χ1n) is 11.7. The monoisotopic (exact) mass is 555 g/mol. The Balaban J connectivity index is 1.45. The Hall–Kier alpha value is -4.31. The van der Waals surface area contributed by atoms with Gasteiger partial charge in [-0.1, -0.05) is 12.1 Å². The smallest absolute Gasteiger partial charge is 0.497 e. The normalized spacial score (nSPS) is 11.5. The average molecular weight is 556 g/mol. The van der Waals surface area contributed by atoms with Gasteiger partial charge < -0.3 is 13.9 Å². The number of nitrogens with zero attached hydrogens (tertiary/aromatic N) is 1. The molecule has 0 atom stereocenters. The molecule has 5 aromatic rings. The van der Waals surface area contributed by atoms with E-state index in [0.717, 1.165) is 9.75 Å². The van der Waals surface area contributed by atoms with E-state index in [-0.39, 0.29) is 23.7 Å². The van der Waals surface area contributed by atoms with Gasteiger partial charge in [0.2, 0.25) is 0 Å². The predicted molar refractivity (Wildman–Crippen MR) is 141 cm³/mol. The van der Waals surface area contributed by atoms with Crippen LogP contribution < -0.4 is 14.4 Å². The second kappa shape index (κ2) is 10.5. The molecule has 2 aromatic heterocycles. The molecule has 3 aromatic carbocycles. The number of hydrogen-bond acceptors (Lipinski definition) is 5. The molecule has 2 heterocycles. The topological polar surface area (TPSA) is 51.9 Å². The van der Waals surface area contributed by atoms with Gasteiger partial charge in [0.15, 0.2) is 5.76 Å². The Morgan fingerprint density at radius 3 is 2.51 bits per heavy atom. The van der Waals surface area contributed by atoms with Crippen molar-refractivity contribution in [3.8, 4) is 21.9 Å². The standard InChI is InChI=1S/C29H21F4NO4S/c1-17-13-18(7-10-24(17)38-29(31,32)33)27-12-9-21(39-27)16-34(23-6-4-3-5-22(23)30)28(35)26-15-19-14-20(36-2)8-11-25(19)37-26/h3-15H,16H2,1-2H3.